The van der Waals surface area contributed by atoms with Crippen LogP contribution in [0.15, 0.2) is 41.5 Å². The van der Waals surface area contributed by atoms with Crippen molar-refractivity contribution >= 4 is 17.4 Å². The van der Waals surface area contributed by atoms with Crippen LogP contribution in [0.25, 0.3) is 0 Å². The number of aromatic nitrogens is 2. The molecule has 5 nitrogen and oxygen atoms in total. The Morgan fingerprint density at radius 2 is 2.15 bits per heavy atom. The highest BCUT2D eigenvalue weighted by Crippen LogP contribution is 2.18. The lowest BCUT2D eigenvalue weighted by molar-refractivity contribution is 0.101. The normalized spacial score (nSPS) is 10.3. The number of hydrogen-bond acceptors (Lipinski definition) is 4. The van der Waals surface area contributed by atoms with E-state index in [0.717, 1.165) is 0 Å². The van der Waals surface area contributed by atoms with E-state index in [1.807, 2.05) is 0 Å². The van der Waals surface area contributed by atoms with E-state index in [0.29, 0.717) is 22.9 Å². The molecule has 1 heterocycles. The molecule has 0 unspecified atom stereocenters. The number of para-hydroxylation sites is 1. The lowest BCUT2D eigenvalue weighted by Crippen LogP contribution is -2.24. The molecule has 0 radical (unpaired) electrons. The Morgan fingerprint density at radius 1 is 1.40 bits per heavy atom. The van der Waals surface area contributed by atoms with Crippen LogP contribution in [0.3, 0.4) is 0 Å². The minimum atomic E-state index is -0.391. The smallest absolute Gasteiger partial charge is 0.347 e. The number of ether oxygens (including phenoxy) is 1. The summed E-state index contributed by atoms with van der Waals surface area (Å²) in [6, 6.07) is 6.98. The van der Waals surface area contributed by atoms with Gasteiger partial charge >= 0.3 is 5.69 Å². The van der Waals surface area contributed by atoms with E-state index < -0.39 is 5.69 Å². The van der Waals surface area contributed by atoms with Gasteiger partial charge in [0.1, 0.15) is 12.4 Å². The van der Waals surface area contributed by atoms with E-state index in [2.05, 4.69) is 4.98 Å². The summed E-state index contributed by atoms with van der Waals surface area (Å²) >= 11 is 5.77. The Kier molecular flexibility index (Phi) is 4.53. The fourth-order valence-corrected chi connectivity index (χ4v) is 1.89. The summed E-state index contributed by atoms with van der Waals surface area (Å²) in [7, 11) is 0. The topological polar surface area (TPSA) is 61.2 Å². The molecule has 0 spiro atoms. The van der Waals surface area contributed by atoms with Crippen molar-refractivity contribution < 1.29 is 9.53 Å². The average molecular weight is 293 g/mol. The lowest BCUT2D eigenvalue weighted by atomic mass is 10.1. The van der Waals surface area contributed by atoms with E-state index >= 15 is 0 Å². The van der Waals surface area contributed by atoms with Crippen molar-refractivity contribution in [2.24, 2.45) is 0 Å². The van der Waals surface area contributed by atoms with E-state index in [-0.39, 0.29) is 12.4 Å². The highest BCUT2D eigenvalue weighted by atomic mass is 35.5. The maximum absolute atomic E-state index is 11.5. The van der Waals surface area contributed by atoms with Gasteiger partial charge in [-0.25, -0.2) is 9.78 Å². The average Bonchev–Trinajstić information content (AvgIpc) is 2.43. The minimum absolute atomic E-state index is 0.0674. The van der Waals surface area contributed by atoms with Crippen LogP contribution in [0.1, 0.15) is 17.3 Å². The molecule has 0 aliphatic rings. The van der Waals surface area contributed by atoms with Gasteiger partial charge in [0.05, 0.1) is 23.3 Å². The molecule has 2 rings (SSSR count). The zero-order valence-electron chi connectivity index (χ0n) is 10.9. The van der Waals surface area contributed by atoms with Gasteiger partial charge in [-0.1, -0.05) is 23.7 Å². The second kappa shape index (κ2) is 6.34. The number of benzene rings is 1. The Bertz CT molecular complexity index is 682. The third-order valence-electron chi connectivity index (χ3n) is 2.68. The number of ketones is 1. The van der Waals surface area contributed by atoms with E-state index in [1.54, 1.807) is 24.3 Å². The van der Waals surface area contributed by atoms with Crippen LogP contribution in [0.2, 0.25) is 5.02 Å². The molecule has 0 atom stereocenters. The van der Waals surface area contributed by atoms with Crippen LogP contribution in [0, 0.1) is 0 Å². The van der Waals surface area contributed by atoms with Crippen molar-refractivity contribution in [1.82, 2.24) is 9.55 Å². The molecule has 0 amide bonds. The van der Waals surface area contributed by atoms with Gasteiger partial charge in [-0.2, -0.15) is 0 Å². The highest BCUT2D eigenvalue weighted by molar-refractivity contribution is 6.30. The maximum atomic E-state index is 11.5. The minimum Gasteiger partial charge on any atom is -0.491 e. The fourth-order valence-electron chi connectivity index (χ4n) is 1.73. The first kappa shape index (κ1) is 14.3. The predicted octanol–water partition coefficient (Wildman–Crippen LogP) is 2.18. The quantitative estimate of drug-likeness (QED) is 0.793. The van der Waals surface area contributed by atoms with Gasteiger partial charge in [0.25, 0.3) is 0 Å². The summed E-state index contributed by atoms with van der Waals surface area (Å²) in [6.07, 6.45) is 2.80. The third-order valence-corrected chi connectivity index (χ3v) is 2.87. The van der Waals surface area contributed by atoms with Crippen LogP contribution in [-0.2, 0) is 6.54 Å². The molecular formula is C14H13ClN2O3. The predicted molar refractivity (Wildman–Crippen MR) is 75.4 cm³/mol. The molecule has 0 saturated heterocycles. The van der Waals surface area contributed by atoms with E-state index in [1.165, 1.54) is 23.9 Å². The SMILES string of the molecule is CC(=O)c1ccccc1OCCn1cc(Cl)cnc1=O. The first-order valence-electron chi connectivity index (χ1n) is 6.02. The summed E-state index contributed by atoms with van der Waals surface area (Å²) in [6.45, 7) is 2.03. The summed E-state index contributed by atoms with van der Waals surface area (Å²) in [5.41, 5.74) is 0.127. The van der Waals surface area contributed by atoms with Crippen LogP contribution >= 0.6 is 11.6 Å². The number of carbonyl (C=O) groups is 1. The Hall–Kier alpha value is -2.14. The van der Waals surface area contributed by atoms with Crippen molar-refractivity contribution in [3.63, 3.8) is 0 Å². The van der Waals surface area contributed by atoms with Crippen LogP contribution in [-0.4, -0.2) is 21.9 Å². The molecule has 0 fully saturated rings. The van der Waals surface area contributed by atoms with Crippen LogP contribution in [0.5, 0.6) is 5.75 Å². The molecule has 1 aromatic heterocycles. The molecule has 0 aliphatic heterocycles. The number of hydrogen-bond donors (Lipinski definition) is 0. The standard InChI is InChI=1S/C14H13ClN2O3/c1-10(18)12-4-2-3-5-13(12)20-7-6-17-9-11(15)8-16-14(17)19/h2-5,8-9H,6-7H2,1H3. The molecule has 6 heteroatoms. The molecule has 0 aliphatic carbocycles. The molecule has 20 heavy (non-hydrogen) atoms. The first-order chi connectivity index (χ1) is 9.58. The molecule has 0 N–H and O–H groups in total. The van der Waals surface area contributed by atoms with Gasteiger partial charge in [0.2, 0.25) is 0 Å². The number of Topliss-reactive ketones (excluding diaryl/α,β-unsaturated/α-hetero) is 1. The third kappa shape index (κ3) is 3.45. The summed E-state index contributed by atoms with van der Waals surface area (Å²) in [4.78, 5) is 26.5. The summed E-state index contributed by atoms with van der Waals surface area (Å²) in [5, 5.41) is 0.383. The number of nitrogens with zero attached hydrogens (tertiary/aromatic N) is 2. The van der Waals surface area contributed by atoms with Gasteiger partial charge < -0.3 is 4.74 Å². The van der Waals surface area contributed by atoms with Crippen LogP contribution in [0.4, 0.5) is 0 Å². The lowest BCUT2D eigenvalue weighted by Gasteiger charge is -2.10. The first-order valence-corrected chi connectivity index (χ1v) is 6.40. The van der Waals surface area contributed by atoms with E-state index in [4.69, 9.17) is 16.3 Å². The Morgan fingerprint density at radius 3 is 2.90 bits per heavy atom. The van der Waals surface area contributed by atoms with Crippen molar-refractivity contribution in [1.29, 1.82) is 0 Å². The molecule has 2 aromatic rings. The van der Waals surface area contributed by atoms with Crippen LogP contribution < -0.4 is 10.4 Å². The van der Waals surface area contributed by atoms with Gasteiger partial charge in [-0.05, 0) is 19.1 Å². The molecule has 1 aromatic carbocycles. The fraction of sp³-hybridized carbons (Fsp3) is 0.214. The largest absolute Gasteiger partial charge is 0.491 e. The number of halogens is 1. The van der Waals surface area contributed by atoms with Gasteiger partial charge in [-0.3, -0.25) is 9.36 Å². The number of carbonyl (C=O) groups excluding carboxylic acids is 1. The maximum Gasteiger partial charge on any atom is 0.347 e. The second-order valence-electron chi connectivity index (χ2n) is 4.15. The summed E-state index contributed by atoms with van der Waals surface area (Å²) < 4.78 is 6.91. The zero-order chi connectivity index (χ0) is 14.5. The van der Waals surface area contributed by atoms with Crippen molar-refractivity contribution in [2.75, 3.05) is 6.61 Å². The van der Waals surface area contributed by atoms with Gasteiger partial charge in [-0.15, -0.1) is 0 Å². The molecular weight excluding hydrogens is 280 g/mol. The number of rotatable bonds is 5. The summed E-state index contributed by atoms with van der Waals surface area (Å²) in [5.74, 6) is 0.435. The Balaban J connectivity index is 2.05. The highest BCUT2D eigenvalue weighted by Gasteiger charge is 2.07. The van der Waals surface area contributed by atoms with Crippen molar-refractivity contribution in [3.8, 4) is 5.75 Å². The second-order valence-corrected chi connectivity index (χ2v) is 4.59. The Labute approximate surface area is 120 Å². The molecule has 0 bridgehead atoms. The van der Waals surface area contributed by atoms with E-state index in [9.17, 15) is 9.59 Å². The monoisotopic (exact) mass is 292 g/mol. The molecule has 104 valence electrons. The molecule has 0 saturated carbocycles. The van der Waals surface area contributed by atoms with Crippen molar-refractivity contribution in [2.45, 2.75) is 13.5 Å². The van der Waals surface area contributed by atoms with Gasteiger partial charge in [0, 0.05) is 6.20 Å². The zero-order valence-corrected chi connectivity index (χ0v) is 11.6. The van der Waals surface area contributed by atoms with Gasteiger partial charge in [0.15, 0.2) is 5.78 Å². The van der Waals surface area contributed by atoms with Crippen molar-refractivity contribution in [3.05, 3.63) is 57.7 Å².